The molecule has 1 unspecified atom stereocenters. The number of benzene rings is 3. The minimum Gasteiger partial charge on any atom is -0.495 e. The van der Waals surface area contributed by atoms with Crippen LogP contribution in [0.3, 0.4) is 0 Å². The van der Waals surface area contributed by atoms with Crippen molar-refractivity contribution in [1.29, 1.82) is 0 Å². The second-order valence-electron chi connectivity index (χ2n) is 8.80. The third kappa shape index (κ3) is 5.95. The Morgan fingerprint density at radius 3 is 2.30 bits per heavy atom. The molecule has 8 nitrogen and oxygen atoms in total. The molecule has 0 bridgehead atoms. The van der Waals surface area contributed by atoms with Crippen molar-refractivity contribution in [3.8, 4) is 22.6 Å². The Hall–Kier alpha value is -3.82. The Kier molecular flexibility index (Phi) is 7.85. The quantitative estimate of drug-likeness (QED) is 0.286. The van der Waals surface area contributed by atoms with Crippen LogP contribution in [0.1, 0.15) is 19.6 Å². The summed E-state index contributed by atoms with van der Waals surface area (Å²) in [4.78, 5) is 12.0. The predicted molar refractivity (Wildman–Crippen MR) is 140 cm³/mol. The predicted octanol–water partition coefficient (Wildman–Crippen LogP) is 5.16. The molecule has 37 heavy (non-hydrogen) atoms. The first-order chi connectivity index (χ1) is 17.7. The molecule has 194 valence electrons. The maximum atomic E-state index is 13.1. The summed E-state index contributed by atoms with van der Waals surface area (Å²) in [6, 6.07) is 20.9. The fourth-order valence-electron chi connectivity index (χ4n) is 3.89. The van der Waals surface area contributed by atoms with Gasteiger partial charge in [0, 0.05) is 5.39 Å². The van der Waals surface area contributed by atoms with Crippen LogP contribution >= 0.6 is 0 Å². The number of ether oxygens (including phenoxy) is 3. The van der Waals surface area contributed by atoms with Gasteiger partial charge in [0.15, 0.2) is 0 Å². The van der Waals surface area contributed by atoms with Crippen LogP contribution in [0.25, 0.3) is 22.1 Å². The molecule has 0 radical (unpaired) electrons. The van der Waals surface area contributed by atoms with E-state index >= 15 is 0 Å². The number of nitrogens with one attached hydrogen (secondary N) is 1. The van der Waals surface area contributed by atoms with Crippen molar-refractivity contribution >= 4 is 27.0 Å². The van der Waals surface area contributed by atoms with E-state index in [2.05, 4.69) is 4.72 Å². The molecule has 1 atom stereocenters. The number of hydrogen-bond donors (Lipinski definition) is 1. The first kappa shape index (κ1) is 26.2. The van der Waals surface area contributed by atoms with E-state index in [0.717, 1.165) is 27.9 Å². The van der Waals surface area contributed by atoms with Gasteiger partial charge in [-0.3, -0.25) is 4.79 Å². The van der Waals surface area contributed by atoms with E-state index < -0.39 is 22.0 Å². The van der Waals surface area contributed by atoms with Crippen LogP contribution in [0.15, 0.2) is 82.1 Å². The summed E-state index contributed by atoms with van der Waals surface area (Å²) in [6.45, 7) is 3.76. The molecule has 1 heterocycles. The molecule has 4 aromatic rings. The van der Waals surface area contributed by atoms with Crippen LogP contribution < -0.4 is 14.2 Å². The zero-order valence-corrected chi connectivity index (χ0v) is 21.9. The molecular weight excluding hydrogens is 494 g/mol. The van der Waals surface area contributed by atoms with Gasteiger partial charge in [-0.2, -0.15) is 4.72 Å². The minimum atomic E-state index is -4.06. The van der Waals surface area contributed by atoms with Crippen molar-refractivity contribution in [2.75, 3.05) is 14.2 Å². The molecule has 1 aromatic heterocycles. The lowest BCUT2D eigenvalue weighted by Crippen LogP contribution is -2.44. The van der Waals surface area contributed by atoms with Crippen molar-refractivity contribution in [1.82, 2.24) is 4.72 Å². The Morgan fingerprint density at radius 1 is 0.946 bits per heavy atom. The van der Waals surface area contributed by atoms with Crippen LogP contribution in [0.4, 0.5) is 0 Å². The smallest absolute Gasteiger partial charge is 0.324 e. The van der Waals surface area contributed by atoms with Crippen molar-refractivity contribution in [3.63, 3.8) is 0 Å². The summed E-state index contributed by atoms with van der Waals surface area (Å²) in [5.41, 5.74) is 2.42. The van der Waals surface area contributed by atoms with Gasteiger partial charge >= 0.3 is 5.97 Å². The van der Waals surface area contributed by atoms with Crippen molar-refractivity contribution in [3.05, 3.63) is 78.6 Å². The summed E-state index contributed by atoms with van der Waals surface area (Å²) < 4.78 is 50.3. The average molecular weight is 524 g/mol. The lowest BCUT2D eigenvalue weighted by molar-refractivity contribution is -0.143. The highest BCUT2D eigenvalue weighted by Crippen LogP contribution is 2.31. The molecule has 1 N–H and O–H groups in total. The monoisotopic (exact) mass is 523 g/mol. The van der Waals surface area contributed by atoms with E-state index in [9.17, 15) is 13.2 Å². The van der Waals surface area contributed by atoms with Gasteiger partial charge in [0.1, 0.15) is 40.4 Å². The molecule has 0 fully saturated rings. The maximum Gasteiger partial charge on any atom is 0.324 e. The summed E-state index contributed by atoms with van der Waals surface area (Å²) in [6.07, 6.45) is 0. The Balaban J connectivity index is 1.49. The topological polar surface area (TPSA) is 104 Å². The lowest BCUT2D eigenvalue weighted by atomic mass is 10.1. The Bertz CT molecular complexity index is 1460. The Morgan fingerprint density at radius 2 is 1.65 bits per heavy atom. The van der Waals surface area contributed by atoms with Gasteiger partial charge in [-0.05, 0) is 53.4 Å². The highest BCUT2D eigenvalue weighted by atomic mass is 32.2. The number of furan rings is 1. The highest BCUT2D eigenvalue weighted by Gasteiger charge is 2.30. The largest absolute Gasteiger partial charge is 0.495 e. The fraction of sp³-hybridized carbons (Fsp3) is 0.250. The van der Waals surface area contributed by atoms with E-state index in [1.54, 1.807) is 26.0 Å². The second-order valence-corrected chi connectivity index (χ2v) is 10.5. The van der Waals surface area contributed by atoms with E-state index in [0.29, 0.717) is 12.4 Å². The van der Waals surface area contributed by atoms with Gasteiger partial charge in [-0.25, -0.2) is 8.42 Å². The van der Waals surface area contributed by atoms with E-state index in [4.69, 9.17) is 18.6 Å². The highest BCUT2D eigenvalue weighted by molar-refractivity contribution is 7.89. The van der Waals surface area contributed by atoms with Crippen LogP contribution in [0.5, 0.6) is 11.5 Å². The van der Waals surface area contributed by atoms with Gasteiger partial charge in [0.2, 0.25) is 10.0 Å². The van der Waals surface area contributed by atoms with Gasteiger partial charge in [0.05, 0.1) is 14.2 Å². The molecule has 0 aliphatic rings. The van der Waals surface area contributed by atoms with Crippen LogP contribution in [-0.2, 0) is 26.2 Å². The van der Waals surface area contributed by atoms with E-state index in [1.807, 2.05) is 54.6 Å². The second kappa shape index (κ2) is 11.1. The lowest BCUT2D eigenvalue weighted by Gasteiger charge is -2.20. The normalized spacial score (nSPS) is 12.5. The standard InChI is InChI=1S/C28H29NO7S/c1-18(2)27(28(30)34-4)29-37(31,32)26-14-11-20(16-25(26)33-3)19-9-12-22(13-10-19)35-17-23-15-21-7-5-6-8-24(21)36-23/h5-16,18,27,29H,17H2,1-4H3. The number of hydrogen-bond acceptors (Lipinski definition) is 7. The van der Waals surface area contributed by atoms with E-state index in [1.165, 1.54) is 20.3 Å². The molecule has 0 amide bonds. The fourth-order valence-corrected chi connectivity index (χ4v) is 5.37. The number of carbonyl (C=O) groups excluding carboxylic acids is 1. The number of carbonyl (C=O) groups is 1. The molecule has 0 aliphatic carbocycles. The zero-order chi connectivity index (χ0) is 26.6. The van der Waals surface area contributed by atoms with Gasteiger partial charge in [0.25, 0.3) is 0 Å². The maximum absolute atomic E-state index is 13.1. The summed E-state index contributed by atoms with van der Waals surface area (Å²) in [5.74, 6) is 0.592. The van der Waals surface area contributed by atoms with Gasteiger partial charge in [-0.1, -0.05) is 50.2 Å². The van der Waals surface area contributed by atoms with Crippen molar-refractivity contribution < 1.29 is 31.8 Å². The van der Waals surface area contributed by atoms with Gasteiger partial charge in [-0.15, -0.1) is 0 Å². The first-order valence-electron chi connectivity index (χ1n) is 11.7. The number of rotatable bonds is 10. The van der Waals surface area contributed by atoms with Gasteiger partial charge < -0.3 is 18.6 Å². The Labute approximate surface area is 216 Å². The average Bonchev–Trinajstić information content (AvgIpc) is 3.33. The first-order valence-corrected chi connectivity index (χ1v) is 13.2. The number of esters is 1. The third-order valence-corrected chi connectivity index (χ3v) is 7.38. The summed E-state index contributed by atoms with van der Waals surface area (Å²) >= 11 is 0. The number of fused-ring (bicyclic) bond motifs is 1. The molecular formula is C28H29NO7S. The molecule has 0 saturated carbocycles. The summed E-state index contributed by atoms with van der Waals surface area (Å²) in [5, 5.41) is 1.02. The number of methoxy groups -OCH3 is 2. The summed E-state index contributed by atoms with van der Waals surface area (Å²) in [7, 11) is -1.44. The molecule has 0 aliphatic heterocycles. The number of para-hydroxylation sites is 1. The molecule has 0 saturated heterocycles. The molecule has 9 heteroatoms. The van der Waals surface area contributed by atoms with Crippen LogP contribution in [-0.4, -0.2) is 34.6 Å². The zero-order valence-electron chi connectivity index (χ0n) is 21.1. The van der Waals surface area contributed by atoms with Crippen LogP contribution in [0, 0.1) is 5.92 Å². The van der Waals surface area contributed by atoms with Crippen molar-refractivity contribution in [2.24, 2.45) is 5.92 Å². The SMILES string of the molecule is COC(=O)C(NS(=O)(=O)c1ccc(-c2ccc(OCc3cc4ccccc4o3)cc2)cc1OC)C(C)C. The van der Waals surface area contributed by atoms with E-state index in [-0.39, 0.29) is 16.6 Å². The number of sulfonamides is 1. The molecule has 4 rings (SSSR count). The molecule has 3 aromatic carbocycles. The minimum absolute atomic E-state index is 0.0703. The van der Waals surface area contributed by atoms with Crippen molar-refractivity contribution in [2.45, 2.75) is 31.4 Å². The molecule has 0 spiro atoms. The third-order valence-electron chi connectivity index (χ3n) is 5.90. The van der Waals surface area contributed by atoms with Crippen LogP contribution in [0.2, 0.25) is 0 Å².